The third kappa shape index (κ3) is 2.71. The maximum absolute atomic E-state index is 9.46. The number of hydrogen-bond donors (Lipinski definition) is 1. The van der Waals surface area contributed by atoms with Crippen LogP contribution in [-0.4, -0.2) is 36.3 Å². The van der Waals surface area contributed by atoms with Crippen LogP contribution in [0, 0.1) is 18.3 Å². The van der Waals surface area contributed by atoms with E-state index in [-0.39, 0.29) is 0 Å². The lowest BCUT2D eigenvalue weighted by Gasteiger charge is -2.28. The highest BCUT2D eigenvalue weighted by molar-refractivity contribution is 5.72. The third-order valence-electron chi connectivity index (χ3n) is 3.72. The Morgan fingerprint density at radius 1 is 1.23 bits per heavy atom. The molecule has 0 unspecified atom stereocenters. The first-order chi connectivity index (χ1) is 10.7. The van der Waals surface area contributed by atoms with E-state index in [1.165, 1.54) is 0 Å². The molecular formula is C16H17N5O. The van der Waals surface area contributed by atoms with Crippen molar-refractivity contribution in [2.24, 2.45) is 0 Å². The van der Waals surface area contributed by atoms with E-state index in [1.807, 2.05) is 19.1 Å². The number of rotatable bonds is 2. The van der Waals surface area contributed by atoms with Crippen molar-refractivity contribution in [1.82, 2.24) is 9.97 Å². The zero-order valence-electron chi connectivity index (χ0n) is 12.4. The molecule has 1 aliphatic rings. The lowest BCUT2D eigenvalue weighted by molar-refractivity contribution is 0.122. The highest BCUT2D eigenvalue weighted by Gasteiger charge is 2.17. The molecule has 22 heavy (non-hydrogen) atoms. The molecule has 1 fully saturated rings. The van der Waals surface area contributed by atoms with Crippen LogP contribution in [0.1, 0.15) is 11.3 Å². The maximum Gasteiger partial charge on any atom is 0.146 e. The number of aryl methyl sites for hydroxylation is 1. The summed E-state index contributed by atoms with van der Waals surface area (Å²) in [6.07, 6.45) is 3.40. The molecule has 0 atom stereocenters. The summed E-state index contributed by atoms with van der Waals surface area (Å²) < 4.78 is 5.34. The predicted molar refractivity (Wildman–Crippen MR) is 84.4 cm³/mol. The second-order valence-electron chi connectivity index (χ2n) is 5.21. The Morgan fingerprint density at radius 3 is 2.73 bits per heavy atom. The van der Waals surface area contributed by atoms with Gasteiger partial charge in [0.2, 0.25) is 0 Å². The summed E-state index contributed by atoms with van der Waals surface area (Å²) in [6, 6.07) is 5.94. The first-order valence-electron chi connectivity index (χ1n) is 7.14. The maximum atomic E-state index is 9.46. The number of nitrogens with zero attached hydrogens (tertiary/aromatic N) is 4. The summed E-state index contributed by atoms with van der Waals surface area (Å²) in [5.41, 5.74) is 9.58. The first kappa shape index (κ1) is 14.3. The van der Waals surface area contributed by atoms with Gasteiger partial charge in [-0.1, -0.05) is 0 Å². The summed E-state index contributed by atoms with van der Waals surface area (Å²) in [5.74, 6) is 0.712. The van der Waals surface area contributed by atoms with Gasteiger partial charge in [0.25, 0.3) is 0 Å². The van der Waals surface area contributed by atoms with Gasteiger partial charge in [0.05, 0.1) is 30.7 Å². The van der Waals surface area contributed by atoms with Crippen LogP contribution in [0.3, 0.4) is 0 Å². The minimum absolute atomic E-state index is 0.557. The van der Waals surface area contributed by atoms with E-state index in [0.717, 1.165) is 29.9 Å². The predicted octanol–water partition coefficient (Wildman–Crippen LogP) is 1.74. The van der Waals surface area contributed by atoms with Gasteiger partial charge >= 0.3 is 0 Å². The van der Waals surface area contributed by atoms with Crippen LogP contribution in [0.25, 0.3) is 11.1 Å². The molecule has 0 spiro atoms. The number of morpholine rings is 1. The molecular weight excluding hydrogens is 278 g/mol. The number of ether oxygens (including phenoxy) is 1. The molecule has 0 saturated carbocycles. The topological polar surface area (TPSA) is 88.1 Å². The summed E-state index contributed by atoms with van der Waals surface area (Å²) in [7, 11) is 0. The number of hydrogen-bond acceptors (Lipinski definition) is 6. The molecule has 0 amide bonds. The molecule has 2 N–H and O–H groups in total. The van der Waals surface area contributed by atoms with E-state index in [4.69, 9.17) is 10.5 Å². The van der Waals surface area contributed by atoms with E-state index in [2.05, 4.69) is 20.9 Å². The molecule has 3 heterocycles. The number of nitrogens with two attached hydrogens (primary N) is 1. The Morgan fingerprint density at radius 2 is 2.00 bits per heavy atom. The molecule has 0 aliphatic carbocycles. The fourth-order valence-corrected chi connectivity index (χ4v) is 2.56. The molecule has 6 nitrogen and oxygen atoms in total. The Labute approximate surface area is 129 Å². The lowest BCUT2D eigenvalue weighted by atomic mass is 10.0. The Bertz CT molecular complexity index is 732. The van der Waals surface area contributed by atoms with Gasteiger partial charge in [0, 0.05) is 36.1 Å². The van der Waals surface area contributed by atoms with E-state index >= 15 is 0 Å². The van der Waals surface area contributed by atoms with Crippen molar-refractivity contribution in [3.05, 3.63) is 35.8 Å². The Hall–Kier alpha value is -2.65. The van der Waals surface area contributed by atoms with Gasteiger partial charge in [-0.3, -0.25) is 4.98 Å². The molecule has 0 radical (unpaired) electrons. The van der Waals surface area contributed by atoms with Gasteiger partial charge in [0.1, 0.15) is 11.9 Å². The summed E-state index contributed by atoms with van der Waals surface area (Å²) in [4.78, 5) is 10.8. The quantitative estimate of drug-likeness (QED) is 0.908. The van der Waals surface area contributed by atoms with Crippen molar-refractivity contribution >= 4 is 11.5 Å². The van der Waals surface area contributed by atoms with Crippen LogP contribution in [0.4, 0.5) is 11.5 Å². The van der Waals surface area contributed by atoms with Crippen molar-refractivity contribution in [1.29, 1.82) is 5.26 Å². The summed E-state index contributed by atoms with van der Waals surface area (Å²) >= 11 is 0. The van der Waals surface area contributed by atoms with Gasteiger partial charge in [-0.05, 0) is 19.1 Å². The number of nitrogen functional groups attached to an aromatic ring is 1. The van der Waals surface area contributed by atoms with Crippen LogP contribution in [-0.2, 0) is 4.74 Å². The van der Waals surface area contributed by atoms with Crippen LogP contribution in [0.5, 0.6) is 0 Å². The van der Waals surface area contributed by atoms with E-state index in [1.54, 1.807) is 12.4 Å². The van der Waals surface area contributed by atoms with Crippen LogP contribution in [0.2, 0.25) is 0 Å². The van der Waals surface area contributed by atoms with E-state index < -0.39 is 0 Å². The highest BCUT2D eigenvalue weighted by Crippen LogP contribution is 2.27. The van der Waals surface area contributed by atoms with Crippen LogP contribution < -0.4 is 10.6 Å². The minimum atomic E-state index is 0.557. The van der Waals surface area contributed by atoms with Crippen molar-refractivity contribution < 1.29 is 4.74 Å². The molecule has 6 heteroatoms. The minimum Gasteiger partial charge on any atom is -0.397 e. The SMILES string of the molecule is Cc1ncc(N)cc1-c1cnc(N2CCOCC2)c(C#N)c1. The Kier molecular flexibility index (Phi) is 3.90. The molecule has 0 bridgehead atoms. The van der Waals surface area contributed by atoms with Crippen molar-refractivity contribution in [2.75, 3.05) is 36.9 Å². The second-order valence-corrected chi connectivity index (χ2v) is 5.21. The van der Waals surface area contributed by atoms with Crippen LogP contribution in [0.15, 0.2) is 24.5 Å². The van der Waals surface area contributed by atoms with Gasteiger partial charge < -0.3 is 15.4 Å². The average Bonchev–Trinajstić information content (AvgIpc) is 2.57. The number of pyridine rings is 2. The van der Waals surface area contributed by atoms with Gasteiger partial charge in [0.15, 0.2) is 0 Å². The Balaban J connectivity index is 2.01. The second kappa shape index (κ2) is 6.00. The van der Waals surface area contributed by atoms with Gasteiger partial charge in [-0.2, -0.15) is 5.26 Å². The van der Waals surface area contributed by atoms with Crippen molar-refractivity contribution in [3.8, 4) is 17.2 Å². The van der Waals surface area contributed by atoms with Crippen molar-refractivity contribution in [3.63, 3.8) is 0 Å². The molecule has 3 rings (SSSR count). The molecule has 2 aromatic rings. The van der Waals surface area contributed by atoms with Gasteiger partial charge in [-0.25, -0.2) is 4.98 Å². The number of anilines is 2. The molecule has 1 aliphatic heterocycles. The average molecular weight is 295 g/mol. The summed E-state index contributed by atoms with van der Waals surface area (Å²) in [6.45, 7) is 4.73. The molecule has 0 aromatic carbocycles. The molecule has 1 saturated heterocycles. The van der Waals surface area contributed by atoms with E-state index in [9.17, 15) is 5.26 Å². The molecule has 2 aromatic heterocycles. The highest BCUT2D eigenvalue weighted by atomic mass is 16.5. The zero-order valence-corrected chi connectivity index (χ0v) is 12.4. The van der Waals surface area contributed by atoms with Crippen molar-refractivity contribution in [2.45, 2.75) is 6.92 Å². The number of aromatic nitrogens is 2. The number of nitriles is 1. The first-order valence-corrected chi connectivity index (χ1v) is 7.14. The smallest absolute Gasteiger partial charge is 0.146 e. The fraction of sp³-hybridized carbons (Fsp3) is 0.312. The van der Waals surface area contributed by atoms with Crippen LogP contribution >= 0.6 is 0 Å². The standard InChI is InChI=1S/C16H17N5O/c1-11-15(7-14(18)10-19-11)13-6-12(8-17)16(20-9-13)21-2-4-22-5-3-21/h6-7,9-10H,2-5,18H2,1H3. The van der Waals surface area contributed by atoms with Gasteiger partial charge in [-0.15, -0.1) is 0 Å². The normalized spacial score (nSPS) is 14.6. The van der Waals surface area contributed by atoms with E-state index in [0.29, 0.717) is 30.3 Å². The lowest BCUT2D eigenvalue weighted by Crippen LogP contribution is -2.37. The fourth-order valence-electron chi connectivity index (χ4n) is 2.56. The molecule has 112 valence electrons. The zero-order chi connectivity index (χ0) is 15.5. The largest absolute Gasteiger partial charge is 0.397 e. The monoisotopic (exact) mass is 295 g/mol. The third-order valence-corrected chi connectivity index (χ3v) is 3.72. The summed E-state index contributed by atoms with van der Waals surface area (Å²) in [5, 5.41) is 9.46.